The molecule has 1 aliphatic heterocycles. The van der Waals surface area contributed by atoms with Crippen molar-refractivity contribution in [3.63, 3.8) is 0 Å². The molecule has 0 aromatic rings. The first-order valence-electron chi connectivity index (χ1n) is 8.37. The van der Waals surface area contributed by atoms with E-state index in [2.05, 4.69) is 25.7 Å². The Bertz CT molecular complexity index is 254. The second-order valence-corrected chi connectivity index (χ2v) is 6.55. The molecule has 0 amide bonds. The maximum absolute atomic E-state index is 12.3. The molecule has 0 radical (unpaired) electrons. The van der Waals surface area contributed by atoms with Crippen LogP contribution >= 0.6 is 0 Å². The van der Waals surface area contributed by atoms with Gasteiger partial charge in [0, 0.05) is 6.42 Å². The maximum atomic E-state index is 12.3. The van der Waals surface area contributed by atoms with Gasteiger partial charge in [-0.25, -0.2) is 0 Å². The summed E-state index contributed by atoms with van der Waals surface area (Å²) in [5, 5.41) is 0. The zero-order chi connectivity index (χ0) is 14.1. The van der Waals surface area contributed by atoms with E-state index in [0.29, 0.717) is 5.78 Å². The van der Waals surface area contributed by atoms with Crippen LogP contribution in [-0.4, -0.2) is 29.3 Å². The first-order valence-corrected chi connectivity index (χ1v) is 8.37. The van der Waals surface area contributed by atoms with Crippen LogP contribution in [-0.2, 0) is 4.79 Å². The van der Waals surface area contributed by atoms with Crippen LogP contribution in [0.5, 0.6) is 0 Å². The summed E-state index contributed by atoms with van der Waals surface area (Å²) in [5.74, 6) is 0.447. The fourth-order valence-corrected chi connectivity index (χ4v) is 3.00. The van der Waals surface area contributed by atoms with Crippen LogP contribution in [0.1, 0.15) is 85.0 Å². The fourth-order valence-electron chi connectivity index (χ4n) is 3.00. The van der Waals surface area contributed by atoms with Gasteiger partial charge < -0.3 is 0 Å². The molecule has 1 heterocycles. The van der Waals surface area contributed by atoms with Crippen LogP contribution in [0.25, 0.3) is 0 Å². The number of likely N-dealkylation sites (tertiary alicyclic amines) is 1. The summed E-state index contributed by atoms with van der Waals surface area (Å²) >= 11 is 0. The molecule has 1 saturated heterocycles. The normalized spacial score (nSPS) is 17.0. The van der Waals surface area contributed by atoms with E-state index in [1.165, 1.54) is 51.4 Å². The standard InChI is InChI=1S/C17H33NO/c1-4-5-6-7-8-9-10-13-16(19)17(2,3)18-14-11-12-15-18/h4-15H2,1-3H3. The van der Waals surface area contributed by atoms with Gasteiger partial charge in [-0.15, -0.1) is 0 Å². The predicted octanol–water partition coefficient (Wildman–Crippen LogP) is 4.57. The zero-order valence-electron chi connectivity index (χ0n) is 13.3. The molecule has 19 heavy (non-hydrogen) atoms. The van der Waals surface area contributed by atoms with Crippen molar-refractivity contribution in [2.45, 2.75) is 90.5 Å². The van der Waals surface area contributed by atoms with Crippen molar-refractivity contribution in [2.75, 3.05) is 13.1 Å². The molecule has 0 saturated carbocycles. The Morgan fingerprint density at radius 3 is 2.05 bits per heavy atom. The van der Waals surface area contributed by atoms with Gasteiger partial charge in [-0.05, 0) is 46.2 Å². The molecule has 1 aliphatic rings. The Balaban J connectivity index is 2.12. The highest BCUT2D eigenvalue weighted by atomic mass is 16.1. The van der Waals surface area contributed by atoms with Crippen molar-refractivity contribution in [2.24, 2.45) is 0 Å². The summed E-state index contributed by atoms with van der Waals surface area (Å²) in [4.78, 5) is 14.7. The van der Waals surface area contributed by atoms with E-state index in [-0.39, 0.29) is 5.54 Å². The minimum absolute atomic E-state index is 0.224. The predicted molar refractivity (Wildman–Crippen MR) is 82.5 cm³/mol. The molecule has 0 bridgehead atoms. The van der Waals surface area contributed by atoms with Crippen molar-refractivity contribution < 1.29 is 4.79 Å². The van der Waals surface area contributed by atoms with Crippen LogP contribution < -0.4 is 0 Å². The van der Waals surface area contributed by atoms with Gasteiger partial charge in [0.25, 0.3) is 0 Å². The fraction of sp³-hybridized carbons (Fsp3) is 0.941. The minimum atomic E-state index is -0.224. The van der Waals surface area contributed by atoms with Gasteiger partial charge in [0.2, 0.25) is 0 Å². The Hall–Kier alpha value is -0.370. The monoisotopic (exact) mass is 267 g/mol. The molecule has 0 unspecified atom stereocenters. The van der Waals surface area contributed by atoms with Crippen LogP contribution in [0.4, 0.5) is 0 Å². The summed E-state index contributed by atoms with van der Waals surface area (Å²) in [5.41, 5.74) is -0.224. The van der Waals surface area contributed by atoms with Crippen molar-refractivity contribution in [1.82, 2.24) is 4.90 Å². The summed E-state index contributed by atoms with van der Waals surface area (Å²) in [7, 11) is 0. The van der Waals surface area contributed by atoms with Crippen molar-refractivity contribution >= 4 is 5.78 Å². The number of carbonyl (C=O) groups is 1. The highest BCUT2D eigenvalue weighted by molar-refractivity contribution is 5.87. The number of rotatable bonds is 10. The highest BCUT2D eigenvalue weighted by Crippen LogP contribution is 2.24. The average molecular weight is 267 g/mol. The summed E-state index contributed by atoms with van der Waals surface area (Å²) in [6, 6.07) is 0. The molecule has 0 aromatic carbocycles. The van der Waals surface area contributed by atoms with Gasteiger partial charge in [0.15, 0.2) is 5.78 Å². The quantitative estimate of drug-likeness (QED) is 0.540. The number of hydrogen-bond acceptors (Lipinski definition) is 2. The van der Waals surface area contributed by atoms with Crippen molar-refractivity contribution in [1.29, 1.82) is 0 Å². The number of ketones is 1. The van der Waals surface area contributed by atoms with Crippen molar-refractivity contribution in [3.05, 3.63) is 0 Å². The molecule has 2 nitrogen and oxygen atoms in total. The lowest BCUT2D eigenvalue weighted by molar-refractivity contribution is -0.129. The summed E-state index contributed by atoms with van der Waals surface area (Å²) < 4.78 is 0. The van der Waals surface area contributed by atoms with Gasteiger partial charge in [-0.3, -0.25) is 9.69 Å². The number of carbonyl (C=O) groups excluding carboxylic acids is 1. The Labute approximate surface area is 119 Å². The van der Waals surface area contributed by atoms with Crippen LogP contribution in [0.3, 0.4) is 0 Å². The lowest BCUT2D eigenvalue weighted by atomic mass is 9.92. The molecule has 0 spiro atoms. The minimum Gasteiger partial charge on any atom is -0.298 e. The van der Waals surface area contributed by atoms with E-state index in [0.717, 1.165) is 25.9 Å². The summed E-state index contributed by atoms with van der Waals surface area (Å²) in [6.07, 6.45) is 12.3. The van der Waals surface area contributed by atoms with E-state index in [9.17, 15) is 4.79 Å². The number of hydrogen-bond donors (Lipinski definition) is 0. The largest absolute Gasteiger partial charge is 0.298 e. The lowest BCUT2D eigenvalue weighted by Crippen LogP contribution is -2.48. The second kappa shape index (κ2) is 8.73. The Morgan fingerprint density at radius 1 is 0.947 bits per heavy atom. The molecule has 2 heteroatoms. The third-order valence-corrected chi connectivity index (χ3v) is 4.59. The summed E-state index contributed by atoms with van der Waals surface area (Å²) in [6.45, 7) is 8.69. The van der Waals surface area contributed by atoms with Crippen LogP contribution in [0.15, 0.2) is 0 Å². The van der Waals surface area contributed by atoms with E-state index < -0.39 is 0 Å². The van der Waals surface area contributed by atoms with Crippen LogP contribution in [0, 0.1) is 0 Å². The molecular formula is C17H33NO. The topological polar surface area (TPSA) is 20.3 Å². The smallest absolute Gasteiger partial charge is 0.152 e. The van der Waals surface area contributed by atoms with Gasteiger partial charge in [0.05, 0.1) is 5.54 Å². The number of nitrogens with zero attached hydrogens (tertiary/aromatic N) is 1. The maximum Gasteiger partial charge on any atom is 0.152 e. The number of unbranched alkanes of at least 4 members (excludes halogenated alkanes) is 6. The second-order valence-electron chi connectivity index (χ2n) is 6.55. The average Bonchev–Trinajstić information content (AvgIpc) is 2.92. The van der Waals surface area contributed by atoms with Gasteiger partial charge >= 0.3 is 0 Å². The molecular weight excluding hydrogens is 234 g/mol. The first-order chi connectivity index (χ1) is 9.09. The SMILES string of the molecule is CCCCCCCCCC(=O)C(C)(C)N1CCCC1. The Morgan fingerprint density at radius 2 is 1.47 bits per heavy atom. The van der Waals surface area contributed by atoms with Gasteiger partial charge in [-0.1, -0.05) is 45.4 Å². The molecule has 1 fully saturated rings. The zero-order valence-corrected chi connectivity index (χ0v) is 13.3. The van der Waals surface area contributed by atoms with E-state index >= 15 is 0 Å². The molecule has 1 rings (SSSR count). The first kappa shape index (κ1) is 16.7. The molecule has 0 N–H and O–H groups in total. The number of Topliss-reactive ketones (excluding diaryl/α,β-unsaturated/α-hetero) is 1. The molecule has 112 valence electrons. The molecule has 0 aromatic heterocycles. The lowest BCUT2D eigenvalue weighted by Gasteiger charge is -2.34. The van der Waals surface area contributed by atoms with Crippen molar-refractivity contribution in [3.8, 4) is 0 Å². The third-order valence-electron chi connectivity index (χ3n) is 4.59. The Kier molecular flexibility index (Phi) is 7.67. The van der Waals surface area contributed by atoms with Gasteiger partial charge in [-0.2, -0.15) is 0 Å². The van der Waals surface area contributed by atoms with E-state index in [1.54, 1.807) is 0 Å². The molecule has 0 aliphatic carbocycles. The highest BCUT2D eigenvalue weighted by Gasteiger charge is 2.34. The molecule has 0 atom stereocenters. The van der Waals surface area contributed by atoms with E-state index in [4.69, 9.17) is 0 Å². The third kappa shape index (κ3) is 5.64. The van der Waals surface area contributed by atoms with Crippen LogP contribution in [0.2, 0.25) is 0 Å². The van der Waals surface area contributed by atoms with E-state index in [1.807, 2.05) is 0 Å². The van der Waals surface area contributed by atoms with Gasteiger partial charge in [0.1, 0.15) is 0 Å².